The summed E-state index contributed by atoms with van der Waals surface area (Å²) < 4.78 is 0. The lowest BCUT2D eigenvalue weighted by Crippen LogP contribution is -2.29. The Labute approximate surface area is 264 Å². The molecule has 0 aliphatic carbocycles. The second kappa shape index (κ2) is 39.6. The summed E-state index contributed by atoms with van der Waals surface area (Å²) in [4.78, 5) is 24.0. The number of allylic oxidation sites excluding steroid dienone is 4. The first kappa shape index (κ1) is 42.8. The van der Waals surface area contributed by atoms with Crippen molar-refractivity contribution in [2.45, 2.75) is 214 Å². The van der Waals surface area contributed by atoms with Gasteiger partial charge < -0.3 is 0 Å². The molecule has 248 valence electrons. The van der Waals surface area contributed by atoms with Crippen LogP contribution in [0.4, 0.5) is 0 Å². The number of nitrogens with one attached hydrogen (secondary N) is 1. The number of hydrogen-bond donors (Lipinski definition) is 1. The number of imide groups is 1. The topological polar surface area (TPSA) is 46.2 Å². The van der Waals surface area contributed by atoms with Gasteiger partial charge in [-0.3, -0.25) is 14.9 Å². The molecular weight excluding hydrogens is 514 g/mol. The zero-order valence-corrected chi connectivity index (χ0v) is 29.1. The van der Waals surface area contributed by atoms with Crippen LogP contribution >= 0.6 is 0 Å². The Kier molecular flexibility index (Phi) is 40.3. The summed E-state index contributed by atoms with van der Waals surface area (Å²) in [5, 5.41) is 2.58. The van der Waals surface area contributed by atoms with E-state index in [4.69, 9.17) is 0 Å². The fourth-order valence-corrected chi connectivity index (χ4v) is 4.99. The van der Waals surface area contributed by atoms with E-state index in [9.17, 15) is 9.59 Å². The van der Waals surface area contributed by atoms with Crippen molar-refractivity contribution in [3.8, 4) is 0 Å². The molecule has 0 atom stereocenters. The third-order valence-electron chi connectivity index (χ3n) is 7.61. The summed E-state index contributed by atoms with van der Waals surface area (Å²) in [5.41, 5.74) is 0. The lowest BCUT2D eigenvalue weighted by Gasteiger charge is -2.05. The quantitative estimate of drug-likeness (QED) is 0.0669. The van der Waals surface area contributed by atoms with Crippen LogP contribution in [0.2, 0.25) is 0 Å². The largest absolute Gasteiger partial charge is 0.296 e. The minimum atomic E-state index is -0.0922. The Morgan fingerprint density at radius 1 is 0.381 bits per heavy atom. The average Bonchev–Trinajstić information content (AvgIpc) is 2.97. The van der Waals surface area contributed by atoms with Crippen LogP contribution in [0.5, 0.6) is 0 Å². The number of rotatable bonds is 30. The van der Waals surface area contributed by atoms with Gasteiger partial charge in [-0.15, -0.1) is 0 Å². The minimum absolute atomic E-state index is 0.0922. The second-order valence-electron chi connectivity index (χ2n) is 12.3. The molecule has 0 saturated heterocycles. The molecule has 0 aromatic heterocycles. The molecule has 42 heavy (non-hydrogen) atoms. The van der Waals surface area contributed by atoms with Crippen LogP contribution in [-0.4, -0.2) is 11.8 Å². The zero-order valence-electron chi connectivity index (χ0n) is 29.1. The SMILES string of the molecule is CCC.CCCCCCCC/C=C\CCCCCCCC(=O)NC(=O)CCCCCCC/C=C\CCCCCCCC. The molecule has 0 aromatic carbocycles. The van der Waals surface area contributed by atoms with E-state index in [1.807, 2.05) is 0 Å². The Morgan fingerprint density at radius 3 is 0.905 bits per heavy atom. The molecule has 2 amide bonds. The fraction of sp³-hybridized carbons (Fsp3) is 0.846. The highest BCUT2D eigenvalue weighted by atomic mass is 16.2. The molecule has 0 radical (unpaired) electrons. The monoisotopic (exact) mass is 590 g/mol. The molecule has 0 spiro atoms. The molecule has 0 aliphatic heterocycles. The number of amides is 2. The first-order chi connectivity index (χ1) is 20.6. The first-order valence-corrected chi connectivity index (χ1v) is 18.7. The lowest BCUT2D eigenvalue weighted by atomic mass is 10.1. The summed E-state index contributed by atoms with van der Waals surface area (Å²) in [7, 11) is 0. The van der Waals surface area contributed by atoms with Crippen molar-refractivity contribution in [2.75, 3.05) is 0 Å². The predicted octanol–water partition coefficient (Wildman–Crippen LogP) is 13.1. The molecular formula is C39H75NO2. The van der Waals surface area contributed by atoms with E-state index in [0.717, 1.165) is 25.7 Å². The van der Waals surface area contributed by atoms with E-state index in [2.05, 4.69) is 57.3 Å². The Morgan fingerprint density at radius 2 is 0.619 bits per heavy atom. The van der Waals surface area contributed by atoms with Crippen molar-refractivity contribution in [2.24, 2.45) is 0 Å². The van der Waals surface area contributed by atoms with Crippen LogP contribution in [0.1, 0.15) is 214 Å². The van der Waals surface area contributed by atoms with E-state index in [1.54, 1.807) is 0 Å². The molecule has 3 heteroatoms. The number of hydrogen-bond acceptors (Lipinski definition) is 2. The maximum absolute atomic E-state index is 12.0. The molecule has 3 nitrogen and oxygen atoms in total. The Bertz CT molecular complexity index is 545. The number of unbranched alkanes of at least 4 members (excludes halogenated alkanes) is 22. The molecule has 0 heterocycles. The molecule has 0 fully saturated rings. The van der Waals surface area contributed by atoms with E-state index in [0.29, 0.717) is 12.8 Å². The molecule has 0 aromatic rings. The Hall–Kier alpha value is -1.38. The van der Waals surface area contributed by atoms with Crippen LogP contribution in [0.3, 0.4) is 0 Å². The molecule has 0 saturated carbocycles. The van der Waals surface area contributed by atoms with Gasteiger partial charge in [-0.1, -0.05) is 161 Å². The van der Waals surface area contributed by atoms with Crippen LogP contribution in [-0.2, 0) is 9.59 Å². The van der Waals surface area contributed by atoms with Gasteiger partial charge in [-0.25, -0.2) is 0 Å². The van der Waals surface area contributed by atoms with Gasteiger partial charge in [0.1, 0.15) is 0 Å². The van der Waals surface area contributed by atoms with Crippen molar-refractivity contribution in [3.63, 3.8) is 0 Å². The van der Waals surface area contributed by atoms with Crippen LogP contribution in [0.25, 0.3) is 0 Å². The Balaban J connectivity index is 0. The van der Waals surface area contributed by atoms with Gasteiger partial charge in [0.25, 0.3) is 0 Å². The lowest BCUT2D eigenvalue weighted by molar-refractivity contribution is -0.130. The molecule has 0 rings (SSSR count). The van der Waals surface area contributed by atoms with Gasteiger partial charge in [-0.2, -0.15) is 0 Å². The summed E-state index contributed by atoms with van der Waals surface area (Å²) in [6, 6.07) is 0. The number of carbonyl (C=O) groups is 2. The summed E-state index contributed by atoms with van der Waals surface area (Å²) >= 11 is 0. The van der Waals surface area contributed by atoms with Gasteiger partial charge in [0.2, 0.25) is 11.8 Å². The van der Waals surface area contributed by atoms with Gasteiger partial charge in [0.15, 0.2) is 0 Å². The predicted molar refractivity (Wildman–Crippen MR) is 188 cm³/mol. The van der Waals surface area contributed by atoms with Crippen LogP contribution < -0.4 is 5.32 Å². The summed E-state index contributed by atoms with van der Waals surface area (Å²) in [6.45, 7) is 8.78. The van der Waals surface area contributed by atoms with Gasteiger partial charge in [0, 0.05) is 12.8 Å². The van der Waals surface area contributed by atoms with Crippen molar-refractivity contribution in [1.82, 2.24) is 5.32 Å². The smallest absolute Gasteiger partial charge is 0.226 e. The zero-order chi connectivity index (χ0) is 31.2. The molecule has 0 unspecified atom stereocenters. The van der Waals surface area contributed by atoms with E-state index in [1.165, 1.54) is 148 Å². The fourth-order valence-electron chi connectivity index (χ4n) is 4.99. The van der Waals surface area contributed by atoms with Crippen molar-refractivity contribution >= 4 is 11.8 Å². The molecule has 0 aliphatic rings. The van der Waals surface area contributed by atoms with Crippen LogP contribution in [0.15, 0.2) is 24.3 Å². The maximum atomic E-state index is 12.0. The van der Waals surface area contributed by atoms with Gasteiger partial charge >= 0.3 is 0 Å². The third-order valence-corrected chi connectivity index (χ3v) is 7.61. The first-order valence-electron chi connectivity index (χ1n) is 18.7. The normalized spacial score (nSPS) is 11.2. The highest BCUT2D eigenvalue weighted by molar-refractivity contribution is 5.95. The van der Waals surface area contributed by atoms with E-state index >= 15 is 0 Å². The van der Waals surface area contributed by atoms with E-state index in [-0.39, 0.29) is 11.8 Å². The summed E-state index contributed by atoms with van der Waals surface area (Å²) in [6.07, 6.45) is 44.1. The van der Waals surface area contributed by atoms with Crippen molar-refractivity contribution in [1.29, 1.82) is 0 Å². The van der Waals surface area contributed by atoms with Gasteiger partial charge in [0.05, 0.1) is 0 Å². The molecule has 0 bridgehead atoms. The maximum Gasteiger partial charge on any atom is 0.226 e. The third kappa shape index (κ3) is 40.8. The highest BCUT2D eigenvalue weighted by Gasteiger charge is 2.07. The summed E-state index contributed by atoms with van der Waals surface area (Å²) in [5.74, 6) is -0.184. The molecule has 1 N–H and O–H groups in total. The van der Waals surface area contributed by atoms with E-state index < -0.39 is 0 Å². The highest BCUT2D eigenvalue weighted by Crippen LogP contribution is 2.12. The van der Waals surface area contributed by atoms with Gasteiger partial charge in [-0.05, 0) is 64.2 Å². The van der Waals surface area contributed by atoms with Crippen LogP contribution in [0, 0.1) is 0 Å². The van der Waals surface area contributed by atoms with Crippen molar-refractivity contribution in [3.05, 3.63) is 24.3 Å². The standard InChI is InChI=1S/C36H67NO2.C3H8/c1-3-5-7-9-11-13-15-17-19-21-23-25-27-29-31-33-35(38)37-36(39)34-32-30-28-26-24-22-20-18-16-14-12-10-8-6-4-2;1-3-2/h17-20H,3-16,21-34H2,1-2H3,(H,37,38,39);3H2,1-2H3/b19-17-,20-18-;. The average molecular weight is 590 g/mol. The van der Waals surface area contributed by atoms with Crippen molar-refractivity contribution < 1.29 is 9.59 Å². The number of carbonyl (C=O) groups excluding carboxylic acids is 2. The minimum Gasteiger partial charge on any atom is -0.296 e. The second-order valence-corrected chi connectivity index (χ2v) is 12.3.